The van der Waals surface area contributed by atoms with E-state index in [4.69, 9.17) is 28.4 Å². The van der Waals surface area contributed by atoms with Crippen molar-refractivity contribution in [1.29, 1.82) is 0 Å². The van der Waals surface area contributed by atoms with Crippen LogP contribution in [0.4, 0.5) is 0 Å². The van der Waals surface area contributed by atoms with E-state index in [1.807, 2.05) is 6.92 Å². The van der Waals surface area contributed by atoms with Crippen molar-refractivity contribution < 1.29 is 69.3 Å². The summed E-state index contributed by atoms with van der Waals surface area (Å²) in [6.45, 7) is 4.47. The van der Waals surface area contributed by atoms with Gasteiger partial charge in [0.25, 0.3) is 0 Å². The van der Waals surface area contributed by atoms with Crippen molar-refractivity contribution in [3.8, 4) is 0 Å². The van der Waals surface area contributed by atoms with E-state index in [1.54, 1.807) is 6.92 Å². The van der Waals surface area contributed by atoms with Gasteiger partial charge in [-0.3, -0.25) is 0 Å². The number of ether oxygens (including phenoxy) is 6. The Morgan fingerprint density at radius 2 is 1.17 bits per heavy atom. The molecule has 0 spiro atoms. The van der Waals surface area contributed by atoms with Crippen LogP contribution in [0.2, 0.25) is 0 Å². The predicted octanol–water partition coefficient (Wildman–Crippen LogP) is -4.08. The molecular formula is C21H38O14. The fourth-order valence-corrected chi connectivity index (χ4v) is 4.27. The third-order valence-electron chi connectivity index (χ3n) is 6.48. The molecule has 206 valence electrons. The number of hydrogen-bond acceptors (Lipinski definition) is 14. The molecule has 0 radical (unpaired) electrons. The molecule has 3 aliphatic heterocycles. The van der Waals surface area contributed by atoms with E-state index < -0.39 is 98.7 Å². The Hall–Kier alpha value is -0.560. The molecule has 3 heterocycles. The summed E-state index contributed by atoms with van der Waals surface area (Å²) in [5.41, 5.74) is 0. The van der Waals surface area contributed by atoms with Crippen molar-refractivity contribution >= 4 is 0 Å². The van der Waals surface area contributed by atoms with Crippen LogP contribution in [0.3, 0.4) is 0 Å². The standard InChI is InChI=1S/C21H38O14/c1-4-5-30-21-18(14(27)10(23)7(2)32-21)35-20-16(29)17(11(24)8(3)31-20)34-19-15(28)13(26)12(25)9(6-22)33-19/h7-29H,4-6H2,1-3H3/t7?,8?,9-,10-,11-,12+,13?,14?,15?,16-,17?,18-,19+,20-,21+/m0/s1. The number of aliphatic hydroxyl groups is 8. The van der Waals surface area contributed by atoms with Gasteiger partial charge in [0.2, 0.25) is 0 Å². The highest BCUT2D eigenvalue weighted by atomic mass is 16.8. The maximum Gasteiger partial charge on any atom is 0.187 e. The van der Waals surface area contributed by atoms with E-state index in [0.29, 0.717) is 6.42 Å². The van der Waals surface area contributed by atoms with Crippen LogP contribution in [0.25, 0.3) is 0 Å². The molecule has 0 aromatic rings. The highest BCUT2D eigenvalue weighted by Crippen LogP contribution is 2.32. The lowest BCUT2D eigenvalue weighted by atomic mass is 9.96. The van der Waals surface area contributed by atoms with Crippen LogP contribution in [0.1, 0.15) is 27.2 Å². The van der Waals surface area contributed by atoms with Crippen LogP contribution in [-0.4, -0.2) is 146 Å². The average Bonchev–Trinajstić information content (AvgIpc) is 2.83. The minimum atomic E-state index is -1.76. The van der Waals surface area contributed by atoms with Crippen LogP contribution in [0, 0.1) is 0 Å². The summed E-state index contributed by atoms with van der Waals surface area (Å²) >= 11 is 0. The first kappa shape index (κ1) is 29.0. The van der Waals surface area contributed by atoms with Gasteiger partial charge >= 0.3 is 0 Å². The Morgan fingerprint density at radius 1 is 0.600 bits per heavy atom. The van der Waals surface area contributed by atoms with E-state index >= 15 is 0 Å². The molecule has 0 aromatic heterocycles. The zero-order valence-electron chi connectivity index (χ0n) is 19.8. The Balaban J connectivity index is 1.75. The SMILES string of the molecule is CCCO[C@@H]1OC(C)[C@H](O)C(O)[C@@H]1O[C@@H]1OC(C)[C@H](O)C(O[C@H]2O[C@@H](CO)[C@@H](O)C(O)C2O)[C@@H]1O. The molecule has 0 aliphatic carbocycles. The van der Waals surface area contributed by atoms with Crippen molar-refractivity contribution in [2.75, 3.05) is 13.2 Å². The van der Waals surface area contributed by atoms with Crippen molar-refractivity contribution in [3.05, 3.63) is 0 Å². The molecule has 0 aromatic carbocycles. The highest BCUT2D eigenvalue weighted by Gasteiger charge is 2.52. The van der Waals surface area contributed by atoms with Crippen molar-refractivity contribution in [3.63, 3.8) is 0 Å². The maximum atomic E-state index is 10.9. The highest BCUT2D eigenvalue weighted by molar-refractivity contribution is 4.95. The lowest BCUT2D eigenvalue weighted by Crippen LogP contribution is -2.65. The lowest BCUT2D eigenvalue weighted by Gasteiger charge is -2.47. The fraction of sp³-hybridized carbons (Fsp3) is 1.00. The van der Waals surface area contributed by atoms with Gasteiger partial charge in [-0.25, -0.2) is 0 Å². The minimum Gasteiger partial charge on any atom is -0.394 e. The van der Waals surface area contributed by atoms with E-state index in [2.05, 4.69) is 0 Å². The molecule has 35 heavy (non-hydrogen) atoms. The van der Waals surface area contributed by atoms with Crippen molar-refractivity contribution in [2.45, 2.75) is 119 Å². The van der Waals surface area contributed by atoms with Gasteiger partial charge < -0.3 is 69.3 Å². The molecule has 3 fully saturated rings. The van der Waals surface area contributed by atoms with Gasteiger partial charge in [0.05, 0.1) is 18.8 Å². The van der Waals surface area contributed by atoms with Crippen LogP contribution in [-0.2, 0) is 28.4 Å². The van der Waals surface area contributed by atoms with Gasteiger partial charge in [-0.1, -0.05) is 6.92 Å². The smallest absolute Gasteiger partial charge is 0.187 e. The first-order chi connectivity index (χ1) is 16.5. The molecule has 0 saturated carbocycles. The Morgan fingerprint density at radius 3 is 1.80 bits per heavy atom. The van der Waals surface area contributed by atoms with Crippen LogP contribution < -0.4 is 0 Å². The third kappa shape index (κ3) is 6.13. The van der Waals surface area contributed by atoms with Gasteiger partial charge in [0, 0.05) is 6.61 Å². The molecule has 3 saturated heterocycles. The maximum absolute atomic E-state index is 10.9. The lowest BCUT2D eigenvalue weighted by molar-refractivity contribution is -0.381. The number of rotatable bonds is 8. The first-order valence-electron chi connectivity index (χ1n) is 11.8. The summed E-state index contributed by atoms with van der Waals surface area (Å²) in [5.74, 6) is 0. The normalized spacial score (nSPS) is 51.3. The number of aliphatic hydroxyl groups excluding tert-OH is 8. The van der Waals surface area contributed by atoms with Gasteiger partial charge in [-0.15, -0.1) is 0 Å². The van der Waals surface area contributed by atoms with Crippen molar-refractivity contribution in [1.82, 2.24) is 0 Å². The Bertz CT molecular complexity index is 654. The van der Waals surface area contributed by atoms with Gasteiger partial charge in [-0.2, -0.15) is 0 Å². The van der Waals surface area contributed by atoms with Crippen molar-refractivity contribution in [2.24, 2.45) is 0 Å². The fourth-order valence-electron chi connectivity index (χ4n) is 4.27. The summed E-state index contributed by atoms with van der Waals surface area (Å²) in [7, 11) is 0. The van der Waals surface area contributed by atoms with Crippen LogP contribution in [0.5, 0.6) is 0 Å². The molecule has 3 rings (SSSR count). The first-order valence-corrected chi connectivity index (χ1v) is 11.8. The molecule has 0 amide bonds. The van der Waals surface area contributed by atoms with Crippen LogP contribution >= 0.6 is 0 Å². The van der Waals surface area contributed by atoms with E-state index in [0.717, 1.165) is 0 Å². The molecule has 15 atom stereocenters. The second-order valence-electron chi connectivity index (χ2n) is 9.15. The molecular weight excluding hydrogens is 476 g/mol. The summed E-state index contributed by atoms with van der Waals surface area (Å²) in [6.07, 6.45) is -20.3. The Kier molecular flexibility index (Phi) is 10.2. The Labute approximate surface area is 202 Å². The predicted molar refractivity (Wildman–Crippen MR) is 112 cm³/mol. The molecule has 14 heteroatoms. The van der Waals surface area contributed by atoms with Crippen LogP contribution in [0.15, 0.2) is 0 Å². The molecule has 0 bridgehead atoms. The van der Waals surface area contributed by atoms with E-state index in [-0.39, 0.29) is 6.61 Å². The summed E-state index contributed by atoms with van der Waals surface area (Å²) in [4.78, 5) is 0. The zero-order valence-corrected chi connectivity index (χ0v) is 19.8. The van der Waals surface area contributed by atoms with E-state index in [9.17, 15) is 40.9 Å². The number of hydrogen-bond donors (Lipinski definition) is 8. The van der Waals surface area contributed by atoms with Gasteiger partial charge in [0.15, 0.2) is 18.9 Å². The molecule has 3 aliphatic rings. The summed E-state index contributed by atoms with van der Waals surface area (Å²) in [5, 5.41) is 81.9. The monoisotopic (exact) mass is 514 g/mol. The van der Waals surface area contributed by atoms with Gasteiger partial charge in [0.1, 0.15) is 61.0 Å². The van der Waals surface area contributed by atoms with E-state index in [1.165, 1.54) is 6.92 Å². The second kappa shape index (κ2) is 12.3. The second-order valence-corrected chi connectivity index (χ2v) is 9.15. The third-order valence-corrected chi connectivity index (χ3v) is 6.48. The summed E-state index contributed by atoms with van der Waals surface area (Å²) in [6, 6.07) is 0. The molecule has 8 N–H and O–H groups in total. The zero-order chi connectivity index (χ0) is 26.0. The summed E-state index contributed by atoms with van der Waals surface area (Å²) < 4.78 is 33.4. The molecule has 6 unspecified atom stereocenters. The molecule has 14 nitrogen and oxygen atoms in total. The topological polar surface area (TPSA) is 217 Å². The van der Waals surface area contributed by atoms with Gasteiger partial charge in [-0.05, 0) is 20.3 Å². The quantitative estimate of drug-likeness (QED) is 0.155. The minimum absolute atomic E-state index is 0.270. The largest absolute Gasteiger partial charge is 0.394 e. The average molecular weight is 515 g/mol.